The molecular weight excluding hydrogens is 689 g/mol. The number of likely N-dealkylation sites (tertiary alicyclic amines) is 2. The summed E-state index contributed by atoms with van der Waals surface area (Å²) in [6, 6.07) is 6.12. The van der Waals surface area contributed by atoms with E-state index in [0.717, 1.165) is 10.4 Å². The van der Waals surface area contributed by atoms with Crippen molar-refractivity contribution in [1.29, 1.82) is 0 Å². The Morgan fingerprint density at radius 1 is 0.769 bits per heavy atom. The van der Waals surface area contributed by atoms with Crippen LogP contribution in [0, 0.1) is 23.7 Å². The molecule has 4 heterocycles. The maximum Gasteiger partial charge on any atom is 0.306 e. The number of thiazole rings is 1. The van der Waals surface area contributed by atoms with E-state index >= 15 is 0 Å². The second-order valence-electron chi connectivity index (χ2n) is 14.1. The molecule has 1 aromatic carbocycles. The molecule has 2 saturated heterocycles. The van der Waals surface area contributed by atoms with Gasteiger partial charge in [-0.1, -0.05) is 51.2 Å². The van der Waals surface area contributed by atoms with Gasteiger partial charge in [-0.3, -0.25) is 33.2 Å². The first-order valence-electron chi connectivity index (χ1n) is 17.8. The third-order valence-electron chi connectivity index (χ3n) is 9.99. The topological polar surface area (TPSA) is 169 Å². The lowest BCUT2D eigenvalue weighted by atomic mass is 9.90. The highest BCUT2D eigenvalue weighted by molar-refractivity contribution is 7.20. The van der Waals surface area contributed by atoms with E-state index in [1.54, 1.807) is 28.1 Å². The lowest BCUT2D eigenvalue weighted by molar-refractivity contribution is -0.149. The summed E-state index contributed by atoms with van der Waals surface area (Å²) in [5, 5.41) is 5.82. The average Bonchev–Trinajstić information content (AvgIpc) is 3.93. The van der Waals surface area contributed by atoms with Gasteiger partial charge in [0.05, 0.1) is 50.0 Å². The second-order valence-corrected chi connectivity index (χ2v) is 15.1. The number of fused-ring (bicyclic) bond motifs is 1. The lowest BCUT2D eigenvalue weighted by Crippen LogP contribution is -2.47. The Bertz CT molecular complexity index is 1770. The fourth-order valence-corrected chi connectivity index (χ4v) is 7.89. The first kappa shape index (κ1) is 38.4. The van der Waals surface area contributed by atoms with Crippen LogP contribution in [0.4, 0.5) is 11.5 Å². The molecular formula is C37H48N6O8S. The van der Waals surface area contributed by atoms with E-state index in [0.29, 0.717) is 55.2 Å². The molecule has 0 unspecified atom stereocenters. The molecule has 4 amide bonds. The number of hydrogen-bond donors (Lipinski definition) is 2. The van der Waals surface area contributed by atoms with Gasteiger partial charge in [0.25, 0.3) is 0 Å². The van der Waals surface area contributed by atoms with Gasteiger partial charge in [0, 0.05) is 25.0 Å². The summed E-state index contributed by atoms with van der Waals surface area (Å²) in [6.45, 7) is 8.43. The number of benzene rings is 1. The van der Waals surface area contributed by atoms with E-state index in [4.69, 9.17) is 9.47 Å². The van der Waals surface area contributed by atoms with Crippen molar-refractivity contribution in [3.8, 4) is 10.4 Å². The van der Waals surface area contributed by atoms with Crippen LogP contribution in [0.3, 0.4) is 0 Å². The number of ether oxygens (including phenoxy) is 2. The van der Waals surface area contributed by atoms with Crippen LogP contribution in [-0.4, -0.2) is 94.1 Å². The number of methoxy groups -OCH3 is 2. The van der Waals surface area contributed by atoms with E-state index in [1.165, 1.54) is 25.6 Å². The van der Waals surface area contributed by atoms with Crippen LogP contribution < -0.4 is 10.6 Å². The molecule has 14 nitrogen and oxygen atoms in total. The van der Waals surface area contributed by atoms with Gasteiger partial charge in [0.1, 0.15) is 12.1 Å². The Morgan fingerprint density at radius 2 is 1.27 bits per heavy atom. The summed E-state index contributed by atoms with van der Waals surface area (Å²) >= 11 is 1.43. The third-order valence-corrected chi connectivity index (χ3v) is 11.0. The minimum atomic E-state index is -0.651. The van der Waals surface area contributed by atoms with Crippen molar-refractivity contribution in [2.24, 2.45) is 23.7 Å². The van der Waals surface area contributed by atoms with E-state index < -0.39 is 35.9 Å². The van der Waals surface area contributed by atoms with Crippen LogP contribution in [0.25, 0.3) is 15.4 Å². The van der Waals surface area contributed by atoms with Gasteiger partial charge in [-0.05, 0) is 55.2 Å². The standard InChI is InChI=1S/C37H48N6O8S/c1-21(2)25(17-31(44)50-5)35(48)42-15-7-9-27(42)33(46)38-24-13-11-23(12-14-24)29-19-41-20-30(40-37(41)52-29)39-34(47)28-10-8-16-43(28)36(49)26(22(3)4)18-32(45)51-6/h11-14,19-22,25-28H,7-10,15-18H2,1-6H3,(H,38,46)(H,39,47)/t25-,26-,27-,28-/m0/s1. The highest BCUT2D eigenvalue weighted by atomic mass is 32.1. The number of anilines is 2. The zero-order chi connectivity index (χ0) is 37.7. The van der Waals surface area contributed by atoms with Gasteiger partial charge < -0.3 is 29.9 Å². The minimum absolute atomic E-state index is 0.0239. The largest absolute Gasteiger partial charge is 0.469 e. The summed E-state index contributed by atoms with van der Waals surface area (Å²) in [4.78, 5) is 86.7. The van der Waals surface area contributed by atoms with Crippen molar-refractivity contribution < 1.29 is 38.2 Å². The monoisotopic (exact) mass is 736 g/mol. The van der Waals surface area contributed by atoms with E-state index in [2.05, 4.69) is 15.6 Å². The molecule has 15 heteroatoms. The number of imidazole rings is 1. The van der Waals surface area contributed by atoms with Gasteiger partial charge in [-0.2, -0.15) is 0 Å². The van der Waals surface area contributed by atoms with Crippen molar-refractivity contribution in [1.82, 2.24) is 19.2 Å². The highest BCUT2D eigenvalue weighted by Gasteiger charge is 2.40. The molecule has 4 atom stereocenters. The molecule has 3 aromatic rings. The van der Waals surface area contributed by atoms with Crippen molar-refractivity contribution in [3.63, 3.8) is 0 Å². The van der Waals surface area contributed by atoms with Crippen LogP contribution in [0.1, 0.15) is 66.2 Å². The zero-order valence-electron chi connectivity index (χ0n) is 30.5. The number of carbonyl (C=O) groups is 6. The van der Waals surface area contributed by atoms with Gasteiger partial charge in [0.15, 0.2) is 10.8 Å². The van der Waals surface area contributed by atoms with E-state index in [9.17, 15) is 28.8 Å². The fourth-order valence-electron chi connectivity index (χ4n) is 6.92. The fraction of sp³-hybridized carbons (Fsp3) is 0.541. The molecule has 2 aliphatic heterocycles. The van der Waals surface area contributed by atoms with Crippen molar-refractivity contribution in [2.75, 3.05) is 37.9 Å². The number of carbonyl (C=O) groups excluding carboxylic acids is 6. The molecule has 280 valence electrons. The predicted molar refractivity (Wildman–Crippen MR) is 195 cm³/mol. The van der Waals surface area contributed by atoms with Crippen LogP contribution in [0.5, 0.6) is 0 Å². The number of nitrogens with zero attached hydrogens (tertiary/aromatic N) is 4. The summed E-state index contributed by atoms with van der Waals surface area (Å²) in [5.41, 5.74) is 1.50. The molecule has 2 aliphatic rings. The van der Waals surface area contributed by atoms with Crippen molar-refractivity contribution in [2.45, 2.75) is 78.3 Å². The Balaban J connectivity index is 1.19. The van der Waals surface area contributed by atoms with Gasteiger partial charge >= 0.3 is 11.9 Å². The second kappa shape index (κ2) is 16.7. The van der Waals surface area contributed by atoms with Crippen molar-refractivity contribution in [3.05, 3.63) is 36.7 Å². The number of nitrogens with one attached hydrogen (secondary N) is 2. The summed E-state index contributed by atoms with van der Waals surface area (Å²) < 4.78 is 11.4. The van der Waals surface area contributed by atoms with Gasteiger partial charge in [-0.25, -0.2) is 4.98 Å². The maximum atomic E-state index is 13.4. The minimum Gasteiger partial charge on any atom is -0.469 e. The van der Waals surface area contributed by atoms with Crippen LogP contribution in [0.15, 0.2) is 36.7 Å². The maximum absolute atomic E-state index is 13.4. The SMILES string of the molecule is COC(=O)C[C@H](C(=O)N1CCC[C@H]1C(=O)Nc1ccc(-c2cn3cc(NC(=O)[C@@H]4CCCN4C(=O)[C@@H](CC(=O)OC)C(C)C)nc3s2)cc1)C(C)C. The molecule has 0 radical (unpaired) electrons. The molecule has 0 bridgehead atoms. The molecule has 0 aliphatic carbocycles. The number of amides is 4. The smallest absolute Gasteiger partial charge is 0.306 e. The van der Waals surface area contributed by atoms with Gasteiger partial charge in [-0.15, -0.1) is 0 Å². The Morgan fingerprint density at radius 3 is 1.73 bits per heavy atom. The molecule has 5 rings (SSSR count). The van der Waals surface area contributed by atoms with Crippen LogP contribution >= 0.6 is 11.3 Å². The molecule has 2 fully saturated rings. The number of aromatic nitrogens is 2. The quantitative estimate of drug-likeness (QED) is 0.239. The van der Waals surface area contributed by atoms with E-state index in [-0.39, 0.29) is 48.3 Å². The summed E-state index contributed by atoms with van der Waals surface area (Å²) in [5.74, 6) is -2.85. The van der Waals surface area contributed by atoms with Gasteiger partial charge in [0.2, 0.25) is 23.6 Å². The van der Waals surface area contributed by atoms with Crippen LogP contribution in [0.2, 0.25) is 0 Å². The molecule has 52 heavy (non-hydrogen) atoms. The Hall–Kier alpha value is -4.79. The molecule has 0 saturated carbocycles. The molecule has 2 aromatic heterocycles. The lowest BCUT2D eigenvalue weighted by Gasteiger charge is -2.29. The van der Waals surface area contributed by atoms with Crippen LogP contribution in [-0.2, 0) is 38.2 Å². The first-order valence-corrected chi connectivity index (χ1v) is 18.6. The molecule has 2 N–H and O–H groups in total. The zero-order valence-corrected chi connectivity index (χ0v) is 31.4. The number of hydrogen-bond acceptors (Lipinski definition) is 10. The normalized spacial score (nSPS) is 18.5. The number of rotatable bonds is 13. The average molecular weight is 737 g/mol. The highest BCUT2D eigenvalue weighted by Crippen LogP contribution is 2.32. The Labute approximate surface area is 307 Å². The number of esters is 2. The predicted octanol–water partition coefficient (Wildman–Crippen LogP) is 4.59. The molecule has 0 spiro atoms. The van der Waals surface area contributed by atoms with Crippen molar-refractivity contribution >= 4 is 63.4 Å². The third kappa shape index (κ3) is 8.63. The van der Waals surface area contributed by atoms with E-state index in [1.807, 2.05) is 50.4 Å². The first-order chi connectivity index (χ1) is 24.8. The Kier molecular flexibility index (Phi) is 12.3. The summed E-state index contributed by atoms with van der Waals surface area (Å²) in [7, 11) is 2.60. The summed E-state index contributed by atoms with van der Waals surface area (Å²) in [6.07, 6.45) is 6.03.